The zero-order valence-corrected chi connectivity index (χ0v) is 12.8. The van der Waals surface area contributed by atoms with E-state index < -0.39 is 5.54 Å². The summed E-state index contributed by atoms with van der Waals surface area (Å²) in [6.45, 7) is 2.01. The highest BCUT2D eigenvalue weighted by Gasteiger charge is 2.29. The SMILES string of the molecule is CCC(N)(Cc1csc2ccccc12)c1ccccc1F. The summed E-state index contributed by atoms with van der Waals surface area (Å²) in [5.41, 5.74) is 7.69. The van der Waals surface area contributed by atoms with Gasteiger partial charge in [-0.05, 0) is 41.3 Å². The van der Waals surface area contributed by atoms with Gasteiger partial charge in [-0.3, -0.25) is 0 Å². The fourth-order valence-corrected chi connectivity index (χ4v) is 3.75. The van der Waals surface area contributed by atoms with Gasteiger partial charge in [0.05, 0.1) is 0 Å². The largest absolute Gasteiger partial charge is 0.321 e. The third-order valence-electron chi connectivity index (χ3n) is 4.11. The molecule has 0 saturated heterocycles. The van der Waals surface area contributed by atoms with Gasteiger partial charge in [-0.25, -0.2) is 4.39 Å². The van der Waals surface area contributed by atoms with Crippen molar-refractivity contribution in [2.75, 3.05) is 0 Å². The average Bonchev–Trinajstić information content (AvgIpc) is 2.91. The summed E-state index contributed by atoms with van der Waals surface area (Å²) in [5, 5.41) is 3.37. The highest BCUT2D eigenvalue weighted by molar-refractivity contribution is 7.17. The van der Waals surface area contributed by atoms with Gasteiger partial charge in [0, 0.05) is 15.8 Å². The van der Waals surface area contributed by atoms with Crippen LogP contribution in [-0.4, -0.2) is 0 Å². The summed E-state index contributed by atoms with van der Waals surface area (Å²) >= 11 is 1.72. The van der Waals surface area contributed by atoms with E-state index in [4.69, 9.17) is 5.73 Å². The van der Waals surface area contributed by atoms with E-state index in [1.165, 1.54) is 21.7 Å². The molecule has 1 atom stereocenters. The molecule has 0 radical (unpaired) electrons. The Morgan fingerprint density at radius 3 is 2.57 bits per heavy atom. The van der Waals surface area contributed by atoms with Gasteiger partial charge in [-0.1, -0.05) is 43.3 Å². The molecule has 0 bridgehead atoms. The van der Waals surface area contributed by atoms with E-state index in [-0.39, 0.29) is 5.82 Å². The maximum atomic E-state index is 14.1. The van der Waals surface area contributed by atoms with Gasteiger partial charge in [0.2, 0.25) is 0 Å². The minimum Gasteiger partial charge on any atom is -0.321 e. The molecular formula is C18H18FNS. The van der Waals surface area contributed by atoms with Crippen LogP contribution in [0.2, 0.25) is 0 Å². The smallest absolute Gasteiger partial charge is 0.128 e. The van der Waals surface area contributed by atoms with Crippen molar-refractivity contribution >= 4 is 21.4 Å². The third-order valence-corrected chi connectivity index (χ3v) is 5.12. The first-order valence-corrected chi connectivity index (χ1v) is 8.01. The van der Waals surface area contributed by atoms with Crippen LogP contribution < -0.4 is 5.73 Å². The van der Waals surface area contributed by atoms with E-state index in [2.05, 4.69) is 17.5 Å². The first-order valence-electron chi connectivity index (χ1n) is 7.13. The second-order valence-electron chi connectivity index (χ2n) is 5.42. The number of fused-ring (bicyclic) bond motifs is 1. The molecule has 1 heterocycles. The summed E-state index contributed by atoms with van der Waals surface area (Å²) in [6.07, 6.45) is 1.34. The molecule has 3 rings (SSSR count). The number of nitrogens with two attached hydrogens (primary N) is 1. The standard InChI is InChI=1S/C18H18FNS/c1-2-18(20,15-8-4-5-9-16(15)19)11-13-12-21-17-10-6-3-7-14(13)17/h3-10,12H,2,11,20H2,1H3. The molecule has 21 heavy (non-hydrogen) atoms. The highest BCUT2D eigenvalue weighted by atomic mass is 32.1. The number of rotatable bonds is 4. The zero-order chi connectivity index (χ0) is 14.9. The molecule has 0 saturated carbocycles. The van der Waals surface area contributed by atoms with Crippen LogP contribution in [0.25, 0.3) is 10.1 Å². The number of hydrogen-bond acceptors (Lipinski definition) is 2. The monoisotopic (exact) mass is 299 g/mol. The molecule has 3 aromatic rings. The summed E-state index contributed by atoms with van der Waals surface area (Å²) < 4.78 is 15.4. The van der Waals surface area contributed by atoms with Crippen LogP contribution >= 0.6 is 11.3 Å². The van der Waals surface area contributed by atoms with E-state index in [1.807, 2.05) is 25.1 Å². The van der Waals surface area contributed by atoms with E-state index in [9.17, 15) is 4.39 Å². The quantitative estimate of drug-likeness (QED) is 0.732. The van der Waals surface area contributed by atoms with E-state index >= 15 is 0 Å². The molecule has 2 aromatic carbocycles. The van der Waals surface area contributed by atoms with Crippen molar-refractivity contribution in [3.63, 3.8) is 0 Å². The Balaban J connectivity index is 2.03. The van der Waals surface area contributed by atoms with Crippen molar-refractivity contribution in [2.45, 2.75) is 25.3 Å². The van der Waals surface area contributed by atoms with Gasteiger partial charge in [0.25, 0.3) is 0 Å². The predicted octanol–water partition coefficient (Wildman–Crippen LogP) is 4.85. The Morgan fingerprint density at radius 1 is 1.10 bits per heavy atom. The highest BCUT2D eigenvalue weighted by Crippen LogP contribution is 2.33. The van der Waals surface area contributed by atoms with Gasteiger partial charge in [0.15, 0.2) is 0 Å². The van der Waals surface area contributed by atoms with Crippen LogP contribution in [0, 0.1) is 5.82 Å². The van der Waals surface area contributed by atoms with Crippen molar-refractivity contribution in [2.24, 2.45) is 5.73 Å². The van der Waals surface area contributed by atoms with E-state index in [0.717, 1.165) is 0 Å². The van der Waals surface area contributed by atoms with E-state index in [0.29, 0.717) is 18.4 Å². The zero-order valence-electron chi connectivity index (χ0n) is 12.0. The lowest BCUT2D eigenvalue weighted by molar-refractivity contribution is 0.404. The molecule has 1 nitrogen and oxygen atoms in total. The van der Waals surface area contributed by atoms with Crippen LogP contribution in [0.5, 0.6) is 0 Å². The van der Waals surface area contributed by atoms with Gasteiger partial charge >= 0.3 is 0 Å². The van der Waals surface area contributed by atoms with Crippen molar-refractivity contribution in [1.82, 2.24) is 0 Å². The molecule has 3 heteroatoms. The molecular weight excluding hydrogens is 281 g/mol. The molecule has 0 spiro atoms. The van der Waals surface area contributed by atoms with Crippen molar-refractivity contribution in [1.29, 1.82) is 0 Å². The van der Waals surface area contributed by atoms with Crippen LogP contribution in [0.3, 0.4) is 0 Å². The number of hydrogen-bond donors (Lipinski definition) is 1. The maximum absolute atomic E-state index is 14.1. The van der Waals surface area contributed by atoms with Crippen molar-refractivity contribution in [3.8, 4) is 0 Å². The summed E-state index contributed by atoms with van der Waals surface area (Å²) in [7, 11) is 0. The van der Waals surface area contributed by atoms with Gasteiger partial charge in [-0.2, -0.15) is 0 Å². The molecule has 2 N–H and O–H groups in total. The normalized spacial score (nSPS) is 14.2. The first kappa shape index (κ1) is 14.2. The molecule has 108 valence electrons. The van der Waals surface area contributed by atoms with Gasteiger partial charge in [0.1, 0.15) is 5.82 Å². The van der Waals surface area contributed by atoms with Crippen molar-refractivity contribution in [3.05, 3.63) is 70.9 Å². The Labute approximate surface area is 128 Å². The van der Waals surface area contributed by atoms with Gasteiger partial charge < -0.3 is 5.73 Å². The summed E-state index contributed by atoms with van der Waals surface area (Å²) in [4.78, 5) is 0. The molecule has 0 amide bonds. The Kier molecular flexibility index (Phi) is 3.79. The average molecular weight is 299 g/mol. The predicted molar refractivity (Wildman–Crippen MR) is 88.1 cm³/mol. The lowest BCUT2D eigenvalue weighted by atomic mass is 9.82. The van der Waals surface area contributed by atoms with Crippen LogP contribution in [0.15, 0.2) is 53.9 Å². The molecule has 0 fully saturated rings. The maximum Gasteiger partial charge on any atom is 0.128 e. The van der Waals surface area contributed by atoms with Crippen molar-refractivity contribution < 1.29 is 4.39 Å². The summed E-state index contributed by atoms with van der Waals surface area (Å²) in [6, 6.07) is 15.1. The number of thiophene rings is 1. The van der Waals surface area contributed by atoms with Gasteiger partial charge in [-0.15, -0.1) is 11.3 Å². The number of halogens is 1. The van der Waals surface area contributed by atoms with E-state index in [1.54, 1.807) is 23.5 Å². The molecule has 0 aliphatic carbocycles. The first-order chi connectivity index (χ1) is 10.1. The minimum absolute atomic E-state index is 0.221. The lowest BCUT2D eigenvalue weighted by Crippen LogP contribution is -2.39. The topological polar surface area (TPSA) is 26.0 Å². The Morgan fingerprint density at radius 2 is 1.81 bits per heavy atom. The van der Waals surface area contributed by atoms with Crippen LogP contribution in [0.4, 0.5) is 4.39 Å². The second-order valence-corrected chi connectivity index (χ2v) is 6.33. The van der Waals surface area contributed by atoms with Crippen LogP contribution in [0.1, 0.15) is 24.5 Å². The summed E-state index contributed by atoms with van der Waals surface area (Å²) in [5.74, 6) is -0.221. The molecule has 1 unspecified atom stereocenters. The van der Waals surface area contributed by atoms with Crippen LogP contribution in [-0.2, 0) is 12.0 Å². The fraction of sp³-hybridized carbons (Fsp3) is 0.222. The Bertz CT molecular complexity index is 765. The molecule has 1 aromatic heterocycles. The second kappa shape index (κ2) is 5.58. The number of benzene rings is 2. The molecule has 0 aliphatic rings. The fourth-order valence-electron chi connectivity index (χ4n) is 2.79. The third kappa shape index (κ3) is 2.59. The molecule has 0 aliphatic heterocycles. The minimum atomic E-state index is -0.671. The Hall–Kier alpha value is -1.71. The lowest BCUT2D eigenvalue weighted by Gasteiger charge is -2.29.